The molecule has 2 aromatic carbocycles. The minimum Gasteiger partial charge on any atom is -0.457 e. The standard InChI is InChI=1S/C25H26N4O3/c26-24(31)25(22-9-4-5-15-27-22)14-6-16-29(18-25)17-23(30)28-19-10-12-21(13-11-19)32-20-7-2-1-3-8-20/h1-5,7-13,15H,6,14,16-18H2,(H2,26,31)(H,28,30)/t25-/m0/s1. The Labute approximate surface area is 187 Å². The molecule has 0 aliphatic carbocycles. The summed E-state index contributed by atoms with van der Waals surface area (Å²) in [5.74, 6) is 0.880. The number of piperidine rings is 1. The molecule has 0 saturated carbocycles. The van der Waals surface area contributed by atoms with Crippen LogP contribution in [0.25, 0.3) is 0 Å². The van der Waals surface area contributed by atoms with Crippen LogP contribution in [0.4, 0.5) is 5.69 Å². The highest BCUT2D eigenvalue weighted by molar-refractivity contribution is 5.92. The molecular weight excluding hydrogens is 404 g/mol. The van der Waals surface area contributed by atoms with Gasteiger partial charge in [-0.1, -0.05) is 24.3 Å². The second-order valence-corrected chi connectivity index (χ2v) is 7.96. The lowest BCUT2D eigenvalue weighted by atomic mass is 9.76. The largest absolute Gasteiger partial charge is 0.457 e. The van der Waals surface area contributed by atoms with Crippen molar-refractivity contribution in [3.05, 3.63) is 84.7 Å². The Morgan fingerprint density at radius 1 is 1.00 bits per heavy atom. The van der Waals surface area contributed by atoms with Crippen molar-refractivity contribution in [2.75, 3.05) is 25.0 Å². The maximum absolute atomic E-state index is 12.7. The molecule has 2 heterocycles. The van der Waals surface area contributed by atoms with Gasteiger partial charge in [0.1, 0.15) is 16.9 Å². The van der Waals surface area contributed by atoms with Crippen molar-refractivity contribution in [3.8, 4) is 11.5 Å². The molecule has 0 radical (unpaired) electrons. The topological polar surface area (TPSA) is 97.6 Å². The molecule has 7 heteroatoms. The summed E-state index contributed by atoms with van der Waals surface area (Å²) in [6.07, 6.45) is 3.05. The fourth-order valence-corrected chi connectivity index (χ4v) is 4.10. The van der Waals surface area contributed by atoms with E-state index < -0.39 is 11.3 Å². The molecule has 32 heavy (non-hydrogen) atoms. The highest BCUT2D eigenvalue weighted by Gasteiger charge is 2.43. The highest BCUT2D eigenvalue weighted by Crippen LogP contribution is 2.32. The van der Waals surface area contributed by atoms with E-state index in [4.69, 9.17) is 10.5 Å². The number of nitrogens with zero attached hydrogens (tertiary/aromatic N) is 2. The van der Waals surface area contributed by atoms with Crippen LogP contribution in [0.2, 0.25) is 0 Å². The number of carbonyl (C=O) groups excluding carboxylic acids is 2. The second kappa shape index (κ2) is 9.62. The van der Waals surface area contributed by atoms with E-state index in [-0.39, 0.29) is 12.5 Å². The van der Waals surface area contributed by atoms with Crippen molar-refractivity contribution >= 4 is 17.5 Å². The van der Waals surface area contributed by atoms with Crippen molar-refractivity contribution in [2.24, 2.45) is 5.73 Å². The van der Waals surface area contributed by atoms with Crippen molar-refractivity contribution in [3.63, 3.8) is 0 Å². The summed E-state index contributed by atoms with van der Waals surface area (Å²) >= 11 is 0. The number of amides is 2. The first-order valence-corrected chi connectivity index (χ1v) is 10.6. The summed E-state index contributed by atoms with van der Waals surface area (Å²) in [5, 5.41) is 2.91. The zero-order chi connectivity index (χ0) is 22.4. The summed E-state index contributed by atoms with van der Waals surface area (Å²) in [5.41, 5.74) is 6.26. The molecule has 1 fully saturated rings. The van der Waals surface area contributed by atoms with Gasteiger partial charge in [-0.15, -0.1) is 0 Å². The number of likely N-dealkylation sites (tertiary alicyclic amines) is 1. The van der Waals surface area contributed by atoms with Gasteiger partial charge in [0.25, 0.3) is 0 Å². The molecule has 4 rings (SSSR count). The van der Waals surface area contributed by atoms with Gasteiger partial charge in [-0.2, -0.15) is 0 Å². The molecule has 1 aromatic heterocycles. The highest BCUT2D eigenvalue weighted by atomic mass is 16.5. The molecule has 0 spiro atoms. The van der Waals surface area contributed by atoms with E-state index in [2.05, 4.69) is 10.3 Å². The third kappa shape index (κ3) is 4.95. The van der Waals surface area contributed by atoms with E-state index in [0.29, 0.717) is 30.1 Å². The van der Waals surface area contributed by atoms with Gasteiger partial charge < -0.3 is 15.8 Å². The minimum atomic E-state index is -0.879. The fraction of sp³-hybridized carbons (Fsp3) is 0.240. The number of primary amides is 1. The third-order valence-electron chi connectivity index (χ3n) is 5.68. The van der Waals surface area contributed by atoms with E-state index >= 15 is 0 Å². The van der Waals surface area contributed by atoms with Crippen molar-refractivity contribution in [2.45, 2.75) is 18.3 Å². The fourth-order valence-electron chi connectivity index (χ4n) is 4.10. The van der Waals surface area contributed by atoms with Gasteiger partial charge in [-0.3, -0.25) is 19.5 Å². The van der Waals surface area contributed by atoms with E-state index in [0.717, 1.165) is 18.7 Å². The number of rotatable bonds is 7. The first-order chi connectivity index (χ1) is 15.5. The van der Waals surface area contributed by atoms with Crippen LogP contribution >= 0.6 is 0 Å². The van der Waals surface area contributed by atoms with Gasteiger partial charge in [0.05, 0.1) is 12.2 Å². The Morgan fingerprint density at radius 2 is 1.72 bits per heavy atom. The summed E-state index contributed by atoms with van der Waals surface area (Å²) in [4.78, 5) is 31.4. The Bertz CT molecular complexity index is 1060. The minimum absolute atomic E-state index is 0.150. The normalized spacial score (nSPS) is 18.6. The molecule has 7 nitrogen and oxygen atoms in total. The van der Waals surface area contributed by atoms with Gasteiger partial charge in [-0.05, 0) is 67.9 Å². The molecule has 1 atom stereocenters. The Morgan fingerprint density at radius 3 is 2.41 bits per heavy atom. The average Bonchev–Trinajstić information content (AvgIpc) is 2.81. The lowest BCUT2D eigenvalue weighted by Gasteiger charge is -2.40. The molecule has 164 valence electrons. The Hall–Kier alpha value is -3.71. The number of para-hydroxylation sites is 1. The van der Waals surface area contributed by atoms with Crippen LogP contribution < -0.4 is 15.8 Å². The molecule has 1 saturated heterocycles. The molecule has 1 aliphatic heterocycles. The van der Waals surface area contributed by atoms with Gasteiger partial charge in [0, 0.05) is 18.4 Å². The van der Waals surface area contributed by atoms with Crippen LogP contribution in [0.3, 0.4) is 0 Å². The number of hydrogen-bond acceptors (Lipinski definition) is 5. The number of hydrogen-bond donors (Lipinski definition) is 2. The summed E-state index contributed by atoms with van der Waals surface area (Å²) in [6, 6.07) is 22.2. The van der Waals surface area contributed by atoms with Gasteiger partial charge in [-0.25, -0.2) is 0 Å². The van der Waals surface area contributed by atoms with Crippen molar-refractivity contribution in [1.82, 2.24) is 9.88 Å². The molecule has 3 N–H and O–H groups in total. The number of nitrogens with two attached hydrogens (primary N) is 1. The summed E-state index contributed by atoms with van der Waals surface area (Å²) < 4.78 is 5.78. The number of anilines is 1. The summed E-state index contributed by atoms with van der Waals surface area (Å²) in [7, 11) is 0. The quantitative estimate of drug-likeness (QED) is 0.599. The lowest BCUT2D eigenvalue weighted by molar-refractivity contribution is -0.127. The Balaban J connectivity index is 1.37. The van der Waals surface area contributed by atoms with Crippen LogP contribution in [0, 0.1) is 0 Å². The molecule has 3 aromatic rings. The summed E-state index contributed by atoms with van der Waals surface area (Å²) in [6.45, 7) is 1.26. The molecule has 0 unspecified atom stereocenters. The number of ether oxygens (including phenoxy) is 1. The average molecular weight is 431 g/mol. The van der Waals surface area contributed by atoms with Crippen LogP contribution in [-0.2, 0) is 15.0 Å². The predicted molar refractivity (Wildman–Crippen MR) is 122 cm³/mol. The van der Waals surface area contributed by atoms with Gasteiger partial charge in [0.2, 0.25) is 11.8 Å². The van der Waals surface area contributed by atoms with Crippen molar-refractivity contribution < 1.29 is 14.3 Å². The maximum atomic E-state index is 12.7. The smallest absolute Gasteiger partial charge is 0.238 e. The maximum Gasteiger partial charge on any atom is 0.238 e. The van der Waals surface area contributed by atoms with Crippen molar-refractivity contribution in [1.29, 1.82) is 0 Å². The van der Waals surface area contributed by atoms with Crippen LogP contribution in [0.5, 0.6) is 11.5 Å². The lowest BCUT2D eigenvalue weighted by Crippen LogP contribution is -2.55. The van der Waals surface area contributed by atoms with E-state index in [1.807, 2.05) is 65.6 Å². The number of benzene rings is 2. The second-order valence-electron chi connectivity index (χ2n) is 7.96. The van der Waals surface area contributed by atoms with Crippen LogP contribution in [0.15, 0.2) is 79.0 Å². The molecule has 2 amide bonds. The van der Waals surface area contributed by atoms with Gasteiger partial charge in [0.15, 0.2) is 0 Å². The van der Waals surface area contributed by atoms with E-state index in [1.165, 1.54) is 0 Å². The molecular formula is C25H26N4O3. The predicted octanol–water partition coefficient (Wildman–Crippen LogP) is 3.33. The van der Waals surface area contributed by atoms with Gasteiger partial charge >= 0.3 is 0 Å². The first-order valence-electron chi connectivity index (χ1n) is 10.6. The third-order valence-corrected chi connectivity index (χ3v) is 5.68. The zero-order valence-electron chi connectivity index (χ0n) is 17.7. The number of pyridine rings is 1. The zero-order valence-corrected chi connectivity index (χ0v) is 17.7. The number of nitrogens with one attached hydrogen (secondary N) is 1. The van der Waals surface area contributed by atoms with Crippen LogP contribution in [-0.4, -0.2) is 41.3 Å². The monoisotopic (exact) mass is 430 g/mol. The number of aromatic nitrogens is 1. The van der Waals surface area contributed by atoms with Crippen LogP contribution in [0.1, 0.15) is 18.5 Å². The first kappa shape index (κ1) is 21.5. The molecule has 0 bridgehead atoms. The van der Waals surface area contributed by atoms with E-state index in [1.54, 1.807) is 18.3 Å². The molecule has 1 aliphatic rings. The van der Waals surface area contributed by atoms with E-state index in [9.17, 15) is 9.59 Å². The Kier molecular flexibility index (Phi) is 6.47. The SMILES string of the molecule is NC(=O)[C@@]1(c2ccccn2)CCCN(CC(=O)Nc2ccc(Oc3ccccc3)cc2)C1. The number of carbonyl (C=O) groups is 2.